The molecule has 2 aromatic rings. The van der Waals surface area contributed by atoms with Crippen LogP contribution in [0.3, 0.4) is 0 Å². The van der Waals surface area contributed by atoms with Gasteiger partial charge in [-0.15, -0.1) is 0 Å². The van der Waals surface area contributed by atoms with Gasteiger partial charge in [0.25, 0.3) is 0 Å². The topological polar surface area (TPSA) is 42.2 Å². The molecule has 4 nitrogen and oxygen atoms in total. The molecule has 0 aromatic carbocycles. The molecule has 0 saturated heterocycles. The third kappa shape index (κ3) is 2.74. The number of halogens is 2. The summed E-state index contributed by atoms with van der Waals surface area (Å²) in [5.74, 6) is 1.19. The molecule has 0 fully saturated rings. The molecule has 0 unspecified atom stereocenters. The second-order valence-corrected chi connectivity index (χ2v) is 4.02. The predicted octanol–water partition coefficient (Wildman–Crippen LogP) is 2.81. The Balaban J connectivity index is 2.19. The van der Waals surface area contributed by atoms with Gasteiger partial charge in [-0.05, 0) is 30.7 Å². The van der Waals surface area contributed by atoms with E-state index >= 15 is 0 Å². The van der Waals surface area contributed by atoms with Crippen molar-refractivity contribution < 1.29 is 8.81 Å². The van der Waals surface area contributed by atoms with E-state index in [9.17, 15) is 4.39 Å². The minimum atomic E-state index is -0.514. The fraction of sp³-hybridized carbons (Fsp3) is 0.273. The van der Waals surface area contributed by atoms with Gasteiger partial charge in [0.1, 0.15) is 11.5 Å². The normalized spacial score (nSPS) is 10.6. The minimum absolute atomic E-state index is 0.0175. The lowest BCUT2D eigenvalue weighted by molar-refractivity contribution is 0.479. The Hall–Kier alpha value is -1.62. The second-order valence-electron chi connectivity index (χ2n) is 3.68. The maximum Gasteiger partial charge on any atom is 0.224 e. The Morgan fingerprint density at radius 2 is 2.24 bits per heavy atom. The van der Waals surface area contributed by atoms with E-state index in [-0.39, 0.29) is 11.1 Å². The van der Waals surface area contributed by atoms with Gasteiger partial charge in [0.15, 0.2) is 11.6 Å². The number of hydrogen-bond acceptors (Lipinski definition) is 4. The van der Waals surface area contributed by atoms with Gasteiger partial charge < -0.3 is 9.32 Å². The first-order valence-corrected chi connectivity index (χ1v) is 5.38. The Morgan fingerprint density at radius 1 is 1.47 bits per heavy atom. The van der Waals surface area contributed by atoms with Gasteiger partial charge in [-0.3, -0.25) is 0 Å². The molecular weight excluding hydrogens is 245 g/mol. The molecule has 0 saturated carbocycles. The molecule has 0 radical (unpaired) electrons. The molecule has 0 atom stereocenters. The van der Waals surface area contributed by atoms with Gasteiger partial charge >= 0.3 is 0 Å². The largest absolute Gasteiger partial charge is 0.464 e. The third-order valence-electron chi connectivity index (χ3n) is 2.25. The van der Waals surface area contributed by atoms with E-state index in [0.29, 0.717) is 6.54 Å². The molecular formula is C11H11ClFN3O. The summed E-state index contributed by atoms with van der Waals surface area (Å²) in [7, 11) is 1.71. The smallest absolute Gasteiger partial charge is 0.224 e. The highest BCUT2D eigenvalue weighted by Crippen LogP contribution is 2.18. The molecule has 2 rings (SSSR count). The van der Waals surface area contributed by atoms with E-state index in [0.717, 1.165) is 17.7 Å². The van der Waals surface area contributed by atoms with Crippen molar-refractivity contribution in [1.29, 1.82) is 0 Å². The molecule has 6 heteroatoms. The number of rotatable bonds is 3. The van der Waals surface area contributed by atoms with Crippen molar-refractivity contribution in [3.8, 4) is 0 Å². The first kappa shape index (κ1) is 11.9. The van der Waals surface area contributed by atoms with Gasteiger partial charge in [-0.2, -0.15) is 4.98 Å². The number of aromatic nitrogens is 2. The zero-order valence-corrected chi connectivity index (χ0v) is 10.2. The van der Waals surface area contributed by atoms with E-state index in [4.69, 9.17) is 16.0 Å². The minimum Gasteiger partial charge on any atom is -0.464 e. The fourth-order valence-corrected chi connectivity index (χ4v) is 1.61. The van der Waals surface area contributed by atoms with E-state index in [2.05, 4.69) is 9.97 Å². The molecule has 2 aromatic heterocycles. The van der Waals surface area contributed by atoms with Crippen molar-refractivity contribution >= 4 is 17.4 Å². The number of hydrogen-bond donors (Lipinski definition) is 0. The van der Waals surface area contributed by atoms with Crippen molar-refractivity contribution in [3.05, 3.63) is 41.0 Å². The van der Waals surface area contributed by atoms with Crippen molar-refractivity contribution in [2.45, 2.75) is 13.5 Å². The lowest BCUT2D eigenvalue weighted by Crippen LogP contribution is -2.19. The Labute approximate surface area is 103 Å². The van der Waals surface area contributed by atoms with Crippen molar-refractivity contribution in [2.75, 3.05) is 11.9 Å². The molecule has 90 valence electrons. The predicted molar refractivity (Wildman–Crippen MR) is 62.6 cm³/mol. The molecule has 0 aliphatic heterocycles. The van der Waals surface area contributed by atoms with Gasteiger partial charge in [-0.25, -0.2) is 9.37 Å². The molecule has 0 aliphatic carbocycles. The molecule has 2 heterocycles. The van der Waals surface area contributed by atoms with Crippen LogP contribution in [-0.2, 0) is 6.54 Å². The molecule has 0 N–H and O–H groups in total. The first-order chi connectivity index (χ1) is 8.06. The monoisotopic (exact) mass is 255 g/mol. The quantitative estimate of drug-likeness (QED) is 0.791. The summed E-state index contributed by atoms with van der Waals surface area (Å²) < 4.78 is 18.9. The van der Waals surface area contributed by atoms with Crippen molar-refractivity contribution in [3.63, 3.8) is 0 Å². The van der Waals surface area contributed by atoms with Gasteiger partial charge in [0, 0.05) is 7.05 Å². The van der Waals surface area contributed by atoms with Gasteiger partial charge in [-0.1, -0.05) is 0 Å². The second kappa shape index (κ2) is 4.71. The summed E-state index contributed by atoms with van der Waals surface area (Å²) >= 11 is 5.63. The molecule has 0 spiro atoms. The van der Waals surface area contributed by atoms with E-state index in [1.165, 1.54) is 0 Å². The van der Waals surface area contributed by atoms with Crippen LogP contribution in [0.1, 0.15) is 11.5 Å². The van der Waals surface area contributed by atoms with Crippen LogP contribution in [0.4, 0.5) is 10.2 Å². The van der Waals surface area contributed by atoms with Crippen LogP contribution < -0.4 is 4.90 Å². The Morgan fingerprint density at radius 3 is 2.88 bits per heavy atom. The molecule has 0 aliphatic rings. The maximum absolute atomic E-state index is 13.5. The lowest BCUT2D eigenvalue weighted by Gasteiger charge is -2.16. The number of furan rings is 1. The van der Waals surface area contributed by atoms with Crippen LogP contribution in [-0.4, -0.2) is 17.0 Å². The maximum atomic E-state index is 13.5. The summed E-state index contributed by atoms with van der Waals surface area (Å²) in [4.78, 5) is 9.01. The molecule has 17 heavy (non-hydrogen) atoms. The average molecular weight is 256 g/mol. The van der Waals surface area contributed by atoms with E-state index in [1.54, 1.807) is 11.9 Å². The summed E-state index contributed by atoms with van der Waals surface area (Å²) in [6, 6.07) is 3.69. The Kier molecular flexibility index (Phi) is 3.28. The summed E-state index contributed by atoms with van der Waals surface area (Å²) in [5, 5.41) is 0.0175. The summed E-state index contributed by atoms with van der Waals surface area (Å²) in [5.41, 5.74) is 0. The third-order valence-corrected chi connectivity index (χ3v) is 2.43. The fourth-order valence-electron chi connectivity index (χ4n) is 1.48. The molecule has 0 bridgehead atoms. The van der Waals surface area contributed by atoms with E-state index in [1.807, 2.05) is 19.1 Å². The first-order valence-electron chi connectivity index (χ1n) is 5.01. The van der Waals surface area contributed by atoms with Crippen molar-refractivity contribution in [1.82, 2.24) is 9.97 Å². The zero-order valence-electron chi connectivity index (χ0n) is 9.44. The van der Waals surface area contributed by atoms with Gasteiger partial charge in [0.2, 0.25) is 5.28 Å². The van der Waals surface area contributed by atoms with Crippen LogP contribution in [0.25, 0.3) is 0 Å². The number of nitrogens with zero attached hydrogens (tertiary/aromatic N) is 3. The van der Waals surface area contributed by atoms with Crippen LogP contribution in [0, 0.1) is 12.7 Å². The van der Waals surface area contributed by atoms with Crippen LogP contribution in [0.5, 0.6) is 0 Å². The van der Waals surface area contributed by atoms with Crippen LogP contribution >= 0.6 is 11.6 Å². The highest BCUT2D eigenvalue weighted by molar-refractivity contribution is 6.28. The SMILES string of the molecule is Cc1ccc(CN(C)c2nc(Cl)ncc2F)o1. The van der Waals surface area contributed by atoms with Crippen molar-refractivity contribution in [2.24, 2.45) is 0 Å². The highest BCUT2D eigenvalue weighted by Gasteiger charge is 2.12. The number of aryl methyl sites for hydroxylation is 1. The summed E-state index contributed by atoms with van der Waals surface area (Å²) in [6.07, 6.45) is 1.05. The van der Waals surface area contributed by atoms with Crippen LogP contribution in [0.2, 0.25) is 5.28 Å². The van der Waals surface area contributed by atoms with Gasteiger partial charge in [0.05, 0.1) is 12.7 Å². The standard InChI is InChI=1S/C11H11ClFN3O/c1-7-3-4-8(17-7)6-16(2)10-9(13)5-14-11(12)15-10/h3-5H,6H2,1-2H3. The Bertz CT molecular complexity index is 529. The zero-order chi connectivity index (χ0) is 12.4. The number of anilines is 1. The molecule has 0 amide bonds. The van der Waals surface area contributed by atoms with Crippen LogP contribution in [0.15, 0.2) is 22.7 Å². The average Bonchev–Trinajstić information content (AvgIpc) is 2.67. The highest BCUT2D eigenvalue weighted by atomic mass is 35.5. The summed E-state index contributed by atoms with van der Waals surface area (Å²) in [6.45, 7) is 2.27. The van der Waals surface area contributed by atoms with E-state index < -0.39 is 5.82 Å². The lowest BCUT2D eigenvalue weighted by atomic mass is 10.4.